The number of aromatic nitrogens is 3. The molecule has 2 heterocycles. The SMILES string of the molecule is CCCc1nc(Cc2csc(C)n2)ncc1N. The van der Waals surface area contributed by atoms with Crippen molar-refractivity contribution in [2.75, 3.05) is 5.73 Å². The second-order valence-corrected chi connectivity index (χ2v) is 5.04. The molecule has 0 aliphatic carbocycles. The highest BCUT2D eigenvalue weighted by molar-refractivity contribution is 7.09. The maximum absolute atomic E-state index is 5.83. The summed E-state index contributed by atoms with van der Waals surface area (Å²) in [6.45, 7) is 4.12. The van der Waals surface area contributed by atoms with Crippen molar-refractivity contribution >= 4 is 17.0 Å². The van der Waals surface area contributed by atoms with Crippen molar-refractivity contribution < 1.29 is 0 Å². The first kappa shape index (κ1) is 12.0. The van der Waals surface area contributed by atoms with Gasteiger partial charge in [0.05, 0.1) is 34.7 Å². The molecule has 0 aliphatic rings. The van der Waals surface area contributed by atoms with E-state index in [1.54, 1.807) is 17.5 Å². The van der Waals surface area contributed by atoms with Gasteiger partial charge in [0, 0.05) is 5.38 Å². The molecule has 4 nitrogen and oxygen atoms in total. The Kier molecular flexibility index (Phi) is 3.68. The summed E-state index contributed by atoms with van der Waals surface area (Å²) in [5, 5.41) is 3.12. The average molecular weight is 248 g/mol. The molecule has 2 aromatic rings. The quantitative estimate of drug-likeness (QED) is 0.902. The maximum atomic E-state index is 5.83. The van der Waals surface area contributed by atoms with Gasteiger partial charge in [-0.2, -0.15) is 0 Å². The third-order valence-electron chi connectivity index (χ3n) is 2.44. The van der Waals surface area contributed by atoms with E-state index in [1.807, 2.05) is 6.92 Å². The van der Waals surface area contributed by atoms with Crippen LogP contribution in [0.2, 0.25) is 0 Å². The Hall–Kier alpha value is -1.49. The zero-order valence-corrected chi connectivity index (χ0v) is 10.9. The molecule has 90 valence electrons. The Bertz CT molecular complexity index is 507. The van der Waals surface area contributed by atoms with E-state index >= 15 is 0 Å². The molecule has 0 amide bonds. The van der Waals surface area contributed by atoms with Crippen molar-refractivity contribution in [1.29, 1.82) is 0 Å². The molecule has 0 unspecified atom stereocenters. The third kappa shape index (κ3) is 3.00. The van der Waals surface area contributed by atoms with E-state index in [4.69, 9.17) is 5.73 Å². The molecule has 0 radical (unpaired) electrons. The highest BCUT2D eigenvalue weighted by Crippen LogP contribution is 2.14. The summed E-state index contributed by atoms with van der Waals surface area (Å²) in [6, 6.07) is 0. The van der Waals surface area contributed by atoms with Crippen LogP contribution in [0, 0.1) is 6.92 Å². The predicted molar refractivity (Wildman–Crippen MR) is 70.1 cm³/mol. The molecular weight excluding hydrogens is 232 g/mol. The number of hydrogen-bond acceptors (Lipinski definition) is 5. The lowest BCUT2D eigenvalue weighted by molar-refractivity contribution is 0.840. The Balaban J connectivity index is 2.18. The fourth-order valence-corrected chi connectivity index (χ4v) is 2.25. The number of thiazole rings is 1. The van der Waals surface area contributed by atoms with Crippen LogP contribution in [-0.2, 0) is 12.8 Å². The fraction of sp³-hybridized carbons (Fsp3) is 0.417. The zero-order valence-electron chi connectivity index (χ0n) is 10.1. The van der Waals surface area contributed by atoms with E-state index in [0.29, 0.717) is 12.1 Å². The highest BCUT2D eigenvalue weighted by atomic mass is 32.1. The molecule has 0 saturated carbocycles. The van der Waals surface area contributed by atoms with Crippen LogP contribution in [0.15, 0.2) is 11.6 Å². The van der Waals surface area contributed by atoms with Crippen LogP contribution >= 0.6 is 11.3 Å². The predicted octanol–water partition coefficient (Wildman–Crippen LogP) is 2.37. The van der Waals surface area contributed by atoms with E-state index in [9.17, 15) is 0 Å². The van der Waals surface area contributed by atoms with Crippen LogP contribution in [0.5, 0.6) is 0 Å². The van der Waals surface area contributed by atoms with Crippen LogP contribution in [0.3, 0.4) is 0 Å². The van der Waals surface area contributed by atoms with Gasteiger partial charge in [0.15, 0.2) is 0 Å². The van der Waals surface area contributed by atoms with Crippen molar-refractivity contribution in [1.82, 2.24) is 15.0 Å². The summed E-state index contributed by atoms with van der Waals surface area (Å²) < 4.78 is 0. The van der Waals surface area contributed by atoms with Gasteiger partial charge in [0.1, 0.15) is 5.82 Å². The fourth-order valence-electron chi connectivity index (χ4n) is 1.64. The van der Waals surface area contributed by atoms with Crippen molar-refractivity contribution in [2.45, 2.75) is 33.1 Å². The molecule has 0 bridgehead atoms. The van der Waals surface area contributed by atoms with Crippen molar-refractivity contribution in [3.63, 3.8) is 0 Å². The number of rotatable bonds is 4. The molecular formula is C12H16N4S. The zero-order chi connectivity index (χ0) is 12.3. The first-order valence-corrected chi connectivity index (χ1v) is 6.58. The van der Waals surface area contributed by atoms with E-state index in [-0.39, 0.29) is 0 Å². The van der Waals surface area contributed by atoms with Crippen LogP contribution in [0.25, 0.3) is 0 Å². The summed E-state index contributed by atoms with van der Waals surface area (Å²) in [7, 11) is 0. The molecule has 0 fully saturated rings. The molecule has 0 aliphatic heterocycles. The van der Waals surface area contributed by atoms with Gasteiger partial charge in [0.2, 0.25) is 0 Å². The van der Waals surface area contributed by atoms with Gasteiger partial charge < -0.3 is 5.73 Å². The van der Waals surface area contributed by atoms with Crippen molar-refractivity contribution in [3.8, 4) is 0 Å². The van der Waals surface area contributed by atoms with E-state index < -0.39 is 0 Å². The summed E-state index contributed by atoms with van der Waals surface area (Å²) in [5.41, 5.74) is 8.50. The number of anilines is 1. The Morgan fingerprint density at radius 2 is 2.18 bits per heavy atom. The Morgan fingerprint density at radius 1 is 1.35 bits per heavy atom. The summed E-state index contributed by atoms with van der Waals surface area (Å²) in [4.78, 5) is 13.2. The van der Waals surface area contributed by atoms with E-state index in [1.165, 1.54) is 0 Å². The Labute approximate surface area is 105 Å². The maximum Gasteiger partial charge on any atom is 0.134 e. The molecule has 0 spiro atoms. The molecule has 2 rings (SSSR count). The summed E-state index contributed by atoms with van der Waals surface area (Å²) in [5.74, 6) is 0.799. The normalized spacial score (nSPS) is 10.7. The number of nitrogens with zero attached hydrogens (tertiary/aromatic N) is 3. The first-order chi connectivity index (χ1) is 8.19. The lowest BCUT2D eigenvalue weighted by atomic mass is 10.2. The van der Waals surface area contributed by atoms with Gasteiger partial charge >= 0.3 is 0 Å². The van der Waals surface area contributed by atoms with Gasteiger partial charge in [-0.25, -0.2) is 15.0 Å². The molecule has 0 saturated heterocycles. The van der Waals surface area contributed by atoms with Crippen LogP contribution in [-0.4, -0.2) is 15.0 Å². The number of nitrogen functional groups attached to an aromatic ring is 1. The van der Waals surface area contributed by atoms with Gasteiger partial charge in [-0.05, 0) is 13.3 Å². The second-order valence-electron chi connectivity index (χ2n) is 3.97. The molecule has 2 aromatic heterocycles. The monoisotopic (exact) mass is 248 g/mol. The smallest absolute Gasteiger partial charge is 0.134 e. The Morgan fingerprint density at radius 3 is 2.82 bits per heavy atom. The van der Waals surface area contributed by atoms with Crippen molar-refractivity contribution in [2.24, 2.45) is 0 Å². The molecule has 2 N–H and O–H groups in total. The third-order valence-corrected chi connectivity index (χ3v) is 3.26. The summed E-state index contributed by atoms with van der Waals surface area (Å²) >= 11 is 1.65. The minimum atomic E-state index is 0.682. The lowest BCUT2D eigenvalue weighted by Gasteiger charge is -2.04. The summed E-state index contributed by atoms with van der Waals surface area (Å²) in [6.07, 6.45) is 4.32. The minimum Gasteiger partial charge on any atom is -0.396 e. The average Bonchev–Trinajstić information content (AvgIpc) is 2.69. The van der Waals surface area contributed by atoms with Gasteiger partial charge in [-0.3, -0.25) is 0 Å². The number of nitrogens with two attached hydrogens (primary N) is 1. The van der Waals surface area contributed by atoms with Gasteiger partial charge in [-0.1, -0.05) is 13.3 Å². The molecule has 17 heavy (non-hydrogen) atoms. The van der Waals surface area contributed by atoms with Crippen molar-refractivity contribution in [3.05, 3.63) is 33.8 Å². The van der Waals surface area contributed by atoms with Gasteiger partial charge in [-0.15, -0.1) is 11.3 Å². The second kappa shape index (κ2) is 5.23. The van der Waals surface area contributed by atoms with Crippen LogP contribution in [0.1, 0.15) is 35.6 Å². The van der Waals surface area contributed by atoms with Gasteiger partial charge in [0.25, 0.3) is 0 Å². The lowest BCUT2D eigenvalue weighted by Crippen LogP contribution is -2.04. The number of hydrogen-bond donors (Lipinski definition) is 1. The largest absolute Gasteiger partial charge is 0.396 e. The first-order valence-electron chi connectivity index (χ1n) is 5.70. The molecule has 0 atom stereocenters. The van der Waals surface area contributed by atoms with E-state index in [0.717, 1.165) is 35.1 Å². The number of aryl methyl sites for hydroxylation is 2. The molecule has 5 heteroatoms. The minimum absolute atomic E-state index is 0.682. The van der Waals surface area contributed by atoms with Crippen LogP contribution < -0.4 is 5.73 Å². The highest BCUT2D eigenvalue weighted by Gasteiger charge is 2.06. The van der Waals surface area contributed by atoms with Crippen LogP contribution in [0.4, 0.5) is 5.69 Å². The van der Waals surface area contributed by atoms with E-state index in [2.05, 4.69) is 27.3 Å². The molecule has 0 aromatic carbocycles. The standard InChI is InChI=1S/C12H16N4S/c1-3-4-11-10(13)6-14-12(16-11)5-9-7-17-8(2)15-9/h6-7H,3-5,13H2,1-2H3. The topological polar surface area (TPSA) is 64.7 Å².